The summed E-state index contributed by atoms with van der Waals surface area (Å²) in [4.78, 5) is 32.0. The number of allylic oxidation sites excluding steroid dienone is 1. The van der Waals surface area contributed by atoms with E-state index in [1.165, 1.54) is 12.3 Å². The Bertz CT molecular complexity index is 1150. The Balaban J connectivity index is 1.91. The normalized spacial score (nSPS) is 10.4. The number of benzene rings is 2. The second-order valence-corrected chi connectivity index (χ2v) is 7.14. The summed E-state index contributed by atoms with van der Waals surface area (Å²) in [5.41, 5.74) is 8.94. The molecular formula is C23H22ClN5O2. The Morgan fingerprint density at radius 2 is 1.90 bits per heavy atom. The van der Waals surface area contributed by atoms with Gasteiger partial charge in [-0.15, -0.1) is 0 Å². The zero-order valence-electron chi connectivity index (χ0n) is 17.0. The molecule has 8 heteroatoms. The molecule has 1 heterocycles. The minimum atomic E-state index is -0.518. The smallest absolute Gasteiger partial charge is 0.248 e. The molecule has 0 aliphatic carbocycles. The highest BCUT2D eigenvalue weighted by Gasteiger charge is 2.12. The Kier molecular flexibility index (Phi) is 6.99. The minimum absolute atomic E-state index is 0.0909. The van der Waals surface area contributed by atoms with Gasteiger partial charge in [-0.3, -0.25) is 9.59 Å². The van der Waals surface area contributed by atoms with Crippen LogP contribution in [-0.2, 0) is 17.6 Å². The van der Waals surface area contributed by atoms with Gasteiger partial charge in [-0.1, -0.05) is 49.4 Å². The van der Waals surface area contributed by atoms with Crippen molar-refractivity contribution in [1.29, 1.82) is 0 Å². The Morgan fingerprint density at radius 3 is 2.61 bits per heavy atom. The molecule has 0 saturated heterocycles. The molecule has 3 aromatic rings. The molecule has 0 spiro atoms. The van der Waals surface area contributed by atoms with Crippen LogP contribution in [0.15, 0.2) is 61.3 Å². The number of nitrogens with zero attached hydrogens (tertiary/aromatic N) is 2. The maximum absolute atomic E-state index is 11.8. The summed E-state index contributed by atoms with van der Waals surface area (Å²) >= 11 is 6.30. The molecule has 0 bridgehead atoms. The lowest BCUT2D eigenvalue weighted by atomic mass is 10.1. The maximum Gasteiger partial charge on any atom is 0.248 e. The first kappa shape index (κ1) is 22.0. The number of halogens is 1. The second-order valence-electron chi connectivity index (χ2n) is 6.73. The number of aromatic nitrogens is 2. The number of para-hydroxylation sites is 1. The molecule has 7 nitrogen and oxygen atoms in total. The van der Waals surface area contributed by atoms with E-state index in [9.17, 15) is 9.59 Å². The average Bonchev–Trinajstić information content (AvgIpc) is 2.77. The third kappa shape index (κ3) is 5.46. The lowest BCUT2D eigenvalue weighted by molar-refractivity contribution is -0.114. The van der Waals surface area contributed by atoms with Gasteiger partial charge in [-0.25, -0.2) is 4.98 Å². The highest BCUT2D eigenvalue weighted by molar-refractivity contribution is 6.32. The van der Waals surface area contributed by atoms with Crippen LogP contribution in [0.1, 0.15) is 28.4 Å². The molecule has 0 radical (unpaired) electrons. The molecule has 31 heavy (non-hydrogen) atoms. The Morgan fingerprint density at radius 1 is 1.13 bits per heavy atom. The molecule has 0 aliphatic heterocycles. The molecule has 158 valence electrons. The molecule has 1 amide bonds. The number of amides is 1. The number of rotatable bonds is 9. The molecule has 4 N–H and O–H groups in total. The van der Waals surface area contributed by atoms with Gasteiger partial charge in [0.05, 0.1) is 6.20 Å². The van der Waals surface area contributed by atoms with Gasteiger partial charge in [0.2, 0.25) is 11.9 Å². The number of nitrogens with one attached hydrogen (secondary N) is 2. The van der Waals surface area contributed by atoms with E-state index >= 15 is 0 Å². The summed E-state index contributed by atoms with van der Waals surface area (Å²) in [6, 6.07) is 12.6. The van der Waals surface area contributed by atoms with Crippen LogP contribution < -0.4 is 16.4 Å². The zero-order chi connectivity index (χ0) is 22.4. The minimum Gasteiger partial charge on any atom is -0.366 e. The first-order valence-corrected chi connectivity index (χ1v) is 10.0. The fourth-order valence-corrected chi connectivity index (χ4v) is 3.11. The summed E-state index contributed by atoms with van der Waals surface area (Å²) in [6.07, 6.45) is 3.72. The molecule has 1 aromatic heterocycles. The van der Waals surface area contributed by atoms with Crippen molar-refractivity contribution < 1.29 is 9.59 Å². The highest BCUT2D eigenvalue weighted by Crippen LogP contribution is 2.28. The number of primary amides is 1. The first-order chi connectivity index (χ1) is 14.9. The van der Waals surface area contributed by atoms with E-state index in [0.29, 0.717) is 33.7 Å². The molecule has 0 unspecified atom stereocenters. The van der Waals surface area contributed by atoms with E-state index in [-0.39, 0.29) is 12.2 Å². The number of anilines is 4. The van der Waals surface area contributed by atoms with Crippen molar-refractivity contribution in [1.82, 2.24) is 9.97 Å². The largest absolute Gasteiger partial charge is 0.366 e. The highest BCUT2D eigenvalue weighted by atomic mass is 35.5. The van der Waals surface area contributed by atoms with Crippen molar-refractivity contribution >= 4 is 46.4 Å². The average molecular weight is 436 g/mol. The van der Waals surface area contributed by atoms with E-state index < -0.39 is 5.91 Å². The van der Waals surface area contributed by atoms with Crippen LogP contribution in [0.4, 0.5) is 23.1 Å². The van der Waals surface area contributed by atoms with Crippen LogP contribution in [-0.4, -0.2) is 21.7 Å². The number of carbonyl (C=O) groups excluding carboxylic acids is 2. The number of carbonyl (C=O) groups is 2. The summed E-state index contributed by atoms with van der Waals surface area (Å²) in [7, 11) is 0. The monoisotopic (exact) mass is 435 g/mol. The fraction of sp³-hybridized carbons (Fsp3) is 0.130. The summed E-state index contributed by atoms with van der Waals surface area (Å²) in [5.74, 6) is 0.0622. The van der Waals surface area contributed by atoms with Gasteiger partial charge in [0.1, 0.15) is 5.02 Å². The number of ketones is 1. The van der Waals surface area contributed by atoms with Gasteiger partial charge in [0, 0.05) is 23.4 Å². The van der Waals surface area contributed by atoms with E-state index in [0.717, 1.165) is 17.5 Å². The van der Waals surface area contributed by atoms with Crippen molar-refractivity contribution in [2.24, 2.45) is 5.73 Å². The topological polar surface area (TPSA) is 110 Å². The van der Waals surface area contributed by atoms with Gasteiger partial charge in [0.25, 0.3) is 0 Å². The van der Waals surface area contributed by atoms with Crippen molar-refractivity contribution in [3.63, 3.8) is 0 Å². The SMILES string of the molecule is C=CC(=O)Cc1ccccc1Nc1nc(Nc2cc(C(N)=O)ccc2CC)ncc1Cl. The third-order valence-electron chi connectivity index (χ3n) is 4.63. The molecular weight excluding hydrogens is 414 g/mol. The standard InChI is InChI=1S/C23H22ClN5O2/c1-3-14-9-10-16(21(25)31)12-20(14)28-23-26-13-18(24)22(29-23)27-19-8-6-5-7-15(19)11-17(30)4-2/h4-10,12-13H,2-3,11H2,1H3,(H2,25,31)(H2,26,27,28,29). The van der Waals surface area contributed by atoms with E-state index in [1.54, 1.807) is 12.1 Å². The number of aryl methyl sites for hydroxylation is 1. The van der Waals surface area contributed by atoms with Crippen LogP contribution in [0.25, 0.3) is 0 Å². The molecule has 0 saturated carbocycles. The number of nitrogens with two attached hydrogens (primary N) is 1. The third-order valence-corrected chi connectivity index (χ3v) is 4.91. The summed E-state index contributed by atoms with van der Waals surface area (Å²) in [5, 5.41) is 6.62. The maximum atomic E-state index is 11.8. The molecule has 2 aromatic carbocycles. The van der Waals surface area contributed by atoms with Crippen molar-refractivity contribution in [3.05, 3.63) is 83.0 Å². The van der Waals surface area contributed by atoms with Crippen molar-refractivity contribution in [2.75, 3.05) is 10.6 Å². The van der Waals surface area contributed by atoms with Crippen LogP contribution in [0.3, 0.4) is 0 Å². The second kappa shape index (κ2) is 9.86. The van der Waals surface area contributed by atoms with Crippen LogP contribution in [0.2, 0.25) is 5.02 Å². The first-order valence-electron chi connectivity index (χ1n) is 9.63. The van der Waals surface area contributed by atoms with Crippen molar-refractivity contribution in [3.8, 4) is 0 Å². The predicted octanol–water partition coefficient (Wildman–Crippen LogP) is 4.58. The van der Waals surface area contributed by atoms with Gasteiger partial charge in [-0.2, -0.15) is 4.98 Å². The Labute approximate surface area is 185 Å². The lowest BCUT2D eigenvalue weighted by Gasteiger charge is -2.14. The van der Waals surface area contributed by atoms with Crippen LogP contribution >= 0.6 is 11.6 Å². The fourth-order valence-electron chi connectivity index (χ4n) is 2.97. The predicted molar refractivity (Wildman–Crippen MR) is 123 cm³/mol. The summed E-state index contributed by atoms with van der Waals surface area (Å²) < 4.78 is 0. The quantitative estimate of drug-likeness (QED) is 0.424. The molecule has 0 atom stereocenters. The van der Waals surface area contributed by atoms with Gasteiger partial charge in [0.15, 0.2) is 11.6 Å². The number of hydrogen-bond acceptors (Lipinski definition) is 6. The molecule has 0 aliphatic rings. The van der Waals surface area contributed by atoms with Crippen molar-refractivity contribution in [2.45, 2.75) is 19.8 Å². The molecule has 3 rings (SSSR count). The zero-order valence-corrected chi connectivity index (χ0v) is 17.7. The van der Waals surface area contributed by atoms with Gasteiger partial charge in [-0.05, 0) is 41.8 Å². The van der Waals surface area contributed by atoms with E-state index in [4.69, 9.17) is 17.3 Å². The van der Waals surface area contributed by atoms with E-state index in [2.05, 4.69) is 27.2 Å². The molecule has 0 fully saturated rings. The van der Waals surface area contributed by atoms with Gasteiger partial charge >= 0.3 is 0 Å². The van der Waals surface area contributed by atoms with Crippen LogP contribution in [0, 0.1) is 0 Å². The van der Waals surface area contributed by atoms with Crippen LogP contribution in [0.5, 0.6) is 0 Å². The Hall–Kier alpha value is -3.71. The van der Waals surface area contributed by atoms with E-state index in [1.807, 2.05) is 37.3 Å². The lowest BCUT2D eigenvalue weighted by Crippen LogP contribution is -2.12. The summed E-state index contributed by atoms with van der Waals surface area (Å²) in [6.45, 7) is 5.52. The van der Waals surface area contributed by atoms with Gasteiger partial charge < -0.3 is 16.4 Å². The number of hydrogen-bond donors (Lipinski definition) is 3.